The van der Waals surface area contributed by atoms with Gasteiger partial charge in [-0.1, -0.05) is 0 Å². The molecular weight excluding hydrogens is 131 g/mol. The van der Waals surface area contributed by atoms with Crippen molar-refractivity contribution in [3.8, 4) is 0 Å². The van der Waals surface area contributed by atoms with Crippen LogP contribution < -0.4 is 0 Å². The largest absolute Gasteiger partial charge is 0.306 e. The van der Waals surface area contributed by atoms with Gasteiger partial charge in [0.15, 0.2) is 0 Å². The molecule has 0 spiro atoms. The molecule has 2 nitrogen and oxygen atoms in total. The standard InChI is InChI=1S/C6H13N2P/c1-8-4-2-6(7-9)3-5-8/h6,9H,2-5H2,1H3. The molecule has 0 unspecified atom stereocenters. The first-order valence-electron chi connectivity index (χ1n) is 3.38. The first-order valence-corrected chi connectivity index (χ1v) is 3.83. The van der Waals surface area contributed by atoms with Gasteiger partial charge in [-0.2, -0.15) is 0 Å². The van der Waals surface area contributed by atoms with E-state index in [1.165, 1.54) is 25.9 Å². The Morgan fingerprint density at radius 3 is 2.44 bits per heavy atom. The molecule has 0 atom stereocenters. The van der Waals surface area contributed by atoms with E-state index in [2.05, 4.69) is 25.7 Å². The van der Waals surface area contributed by atoms with E-state index in [1.807, 2.05) is 0 Å². The van der Waals surface area contributed by atoms with Crippen LogP contribution in [0.4, 0.5) is 0 Å². The number of hydrogen-bond donors (Lipinski definition) is 0. The average Bonchev–Trinajstić information content (AvgIpc) is 1.90. The van der Waals surface area contributed by atoms with E-state index in [0.29, 0.717) is 6.04 Å². The summed E-state index contributed by atoms with van der Waals surface area (Å²) >= 11 is 0. The zero-order chi connectivity index (χ0) is 6.69. The minimum Gasteiger partial charge on any atom is -0.306 e. The van der Waals surface area contributed by atoms with Gasteiger partial charge in [0.25, 0.3) is 0 Å². The van der Waals surface area contributed by atoms with Crippen molar-refractivity contribution in [3.63, 3.8) is 0 Å². The molecule has 0 aromatic heterocycles. The highest BCUT2D eigenvalue weighted by atomic mass is 31.0. The second-order valence-corrected chi connectivity index (χ2v) is 2.92. The van der Waals surface area contributed by atoms with Crippen LogP contribution in [0.3, 0.4) is 0 Å². The molecule has 1 fully saturated rings. The Balaban J connectivity index is 2.26. The van der Waals surface area contributed by atoms with Crippen molar-refractivity contribution in [1.29, 1.82) is 0 Å². The third kappa shape index (κ3) is 2.04. The Morgan fingerprint density at radius 2 is 2.00 bits per heavy atom. The van der Waals surface area contributed by atoms with Gasteiger partial charge in [0.1, 0.15) is 0 Å². The van der Waals surface area contributed by atoms with E-state index in [0.717, 1.165) is 0 Å². The first kappa shape index (κ1) is 7.17. The Morgan fingerprint density at radius 1 is 1.44 bits per heavy atom. The molecule has 3 heteroatoms. The SMILES string of the molecule is CN1CCC(N=P)CC1. The van der Waals surface area contributed by atoms with Gasteiger partial charge in [-0.25, -0.2) is 0 Å². The first-order chi connectivity index (χ1) is 4.33. The molecule has 0 saturated carbocycles. The van der Waals surface area contributed by atoms with E-state index < -0.39 is 0 Å². The summed E-state index contributed by atoms with van der Waals surface area (Å²) in [6.45, 7) is 2.39. The van der Waals surface area contributed by atoms with Gasteiger partial charge in [0.2, 0.25) is 0 Å². The van der Waals surface area contributed by atoms with Crippen LogP contribution in [-0.2, 0) is 0 Å². The third-order valence-electron chi connectivity index (χ3n) is 1.87. The summed E-state index contributed by atoms with van der Waals surface area (Å²) in [6, 6.07) is 0.567. The number of hydrogen-bond acceptors (Lipinski definition) is 2. The van der Waals surface area contributed by atoms with Crippen LogP contribution >= 0.6 is 9.03 Å². The Labute approximate surface area is 58.6 Å². The summed E-state index contributed by atoms with van der Waals surface area (Å²) in [7, 11) is 5.34. The van der Waals surface area contributed by atoms with Crippen molar-refractivity contribution in [2.24, 2.45) is 4.74 Å². The molecule has 0 aromatic rings. The fraction of sp³-hybridized carbons (Fsp3) is 1.00. The van der Waals surface area contributed by atoms with E-state index in [1.54, 1.807) is 0 Å². The molecule has 0 N–H and O–H groups in total. The smallest absolute Gasteiger partial charge is 0.0564 e. The van der Waals surface area contributed by atoms with E-state index in [4.69, 9.17) is 0 Å². The fourth-order valence-electron chi connectivity index (χ4n) is 1.12. The number of rotatable bonds is 1. The van der Waals surface area contributed by atoms with Gasteiger partial charge >= 0.3 is 0 Å². The molecule has 52 valence electrons. The summed E-state index contributed by atoms with van der Waals surface area (Å²) in [5.74, 6) is 0. The molecule has 0 aliphatic carbocycles. The third-order valence-corrected chi connectivity index (χ3v) is 2.24. The quantitative estimate of drug-likeness (QED) is 0.508. The zero-order valence-corrected chi connectivity index (χ0v) is 6.80. The molecule has 0 bridgehead atoms. The van der Waals surface area contributed by atoms with Gasteiger partial charge in [-0.05, 0) is 42.0 Å². The molecule has 1 rings (SSSR count). The summed E-state index contributed by atoms with van der Waals surface area (Å²) in [6.07, 6.45) is 2.42. The molecule has 0 radical (unpaired) electrons. The van der Waals surface area contributed by atoms with Crippen LogP contribution in [0.5, 0.6) is 0 Å². The van der Waals surface area contributed by atoms with Crippen LogP contribution in [0.2, 0.25) is 0 Å². The van der Waals surface area contributed by atoms with Crippen molar-refractivity contribution >= 4 is 9.03 Å². The normalized spacial score (nSPS) is 24.1. The molecule has 1 aliphatic rings. The molecule has 1 saturated heterocycles. The maximum Gasteiger partial charge on any atom is 0.0564 e. The Hall–Kier alpha value is 0.0600. The lowest BCUT2D eigenvalue weighted by Gasteiger charge is -2.25. The van der Waals surface area contributed by atoms with E-state index >= 15 is 0 Å². The number of piperidine rings is 1. The van der Waals surface area contributed by atoms with E-state index in [-0.39, 0.29) is 0 Å². The molecule has 0 aromatic carbocycles. The lowest BCUT2D eigenvalue weighted by Crippen LogP contribution is -2.31. The van der Waals surface area contributed by atoms with Crippen LogP contribution in [0.1, 0.15) is 12.8 Å². The Bertz CT molecular complexity index is 97.2. The number of nitrogens with zero attached hydrogens (tertiary/aromatic N) is 2. The lowest BCUT2D eigenvalue weighted by atomic mass is 10.1. The van der Waals surface area contributed by atoms with Gasteiger partial charge in [-0.15, -0.1) is 0 Å². The van der Waals surface area contributed by atoms with Crippen LogP contribution in [-0.4, -0.2) is 31.1 Å². The molecule has 9 heavy (non-hydrogen) atoms. The molecule has 0 amide bonds. The van der Waals surface area contributed by atoms with Gasteiger partial charge in [-0.3, -0.25) is 4.74 Å². The fourth-order valence-corrected chi connectivity index (χ4v) is 1.38. The minimum absolute atomic E-state index is 0.567. The highest BCUT2D eigenvalue weighted by molar-refractivity contribution is 7.04. The highest BCUT2D eigenvalue weighted by Gasteiger charge is 2.13. The summed E-state index contributed by atoms with van der Waals surface area (Å²) in [5, 5.41) is 0. The van der Waals surface area contributed by atoms with Gasteiger partial charge in [0.05, 0.1) is 6.04 Å². The van der Waals surface area contributed by atoms with Crippen molar-refractivity contribution in [1.82, 2.24) is 4.90 Å². The van der Waals surface area contributed by atoms with E-state index in [9.17, 15) is 0 Å². The maximum atomic E-state index is 4.06. The van der Waals surface area contributed by atoms with Gasteiger partial charge < -0.3 is 4.90 Å². The second-order valence-electron chi connectivity index (χ2n) is 2.66. The maximum absolute atomic E-state index is 4.06. The average molecular weight is 144 g/mol. The van der Waals surface area contributed by atoms with Gasteiger partial charge in [0, 0.05) is 0 Å². The van der Waals surface area contributed by atoms with Crippen molar-refractivity contribution in [3.05, 3.63) is 0 Å². The highest BCUT2D eigenvalue weighted by Crippen LogP contribution is 2.12. The van der Waals surface area contributed by atoms with Crippen LogP contribution in [0, 0.1) is 0 Å². The summed E-state index contributed by atoms with van der Waals surface area (Å²) in [5.41, 5.74) is 0. The molecular formula is C6H13N2P. The Kier molecular flexibility index (Phi) is 2.62. The lowest BCUT2D eigenvalue weighted by molar-refractivity contribution is 0.258. The monoisotopic (exact) mass is 144 g/mol. The number of likely N-dealkylation sites (tertiary alicyclic amines) is 1. The van der Waals surface area contributed by atoms with Crippen LogP contribution in [0.15, 0.2) is 4.74 Å². The molecule has 1 heterocycles. The molecule has 1 aliphatic heterocycles. The predicted octanol–water partition coefficient (Wildman–Crippen LogP) is 1.41. The van der Waals surface area contributed by atoms with Crippen molar-refractivity contribution in [2.45, 2.75) is 18.9 Å². The zero-order valence-electron chi connectivity index (χ0n) is 5.80. The van der Waals surface area contributed by atoms with Crippen molar-refractivity contribution < 1.29 is 0 Å². The van der Waals surface area contributed by atoms with Crippen molar-refractivity contribution in [2.75, 3.05) is 20.1 Å². The second kappa shape index (κ2) is 3.28. The summed E-state index contributed by atoms with van der Waals surface area (Å²) < 4.78 is 4.06. The predicted molar refractivity (Wildman–Crippen MR) is 41.3 cm³/mol. The topological polar surface area (TPSA) is 15.6 Å². The summed E-state index contributed by atoms with van der Waals surface area (Å²) in [4.78, 5) is 2.34. The van der Waals surface area contributed by atoms with Crippen LogP contribution in [0.25, 0.3) is 0 Å². The minimum atomic E-state index is 0.567.